The summed E-state index contributed by atoms with van der Waals surface area (Å²) in [6, 6.07) is 2.53. The number of anilines is 1. The summed E-state index contributed by atoms with van der Waals surface area (Å²) in [5.74, 6) is 0.210. The molecule has 2 aliphatic rings. The van der Waals surface area contributed by atoms with Gasteiger partial charge in [-0.05, 0) is 37.3 Å². The van der Waals surface area contributed by atoms with Crippen molar-refractivity contribution in [1.82, 2.24) is 19.7 Å². The third-order valence-electron chi connectivity index (χ3n) is 4.88. The minimum Gasteiger partial charge on any atom is -0.340 e. The normalized spacial score (nSPS) is 17.7. The van der Waals surface area contributed by atoms with E-state index in [2.05, 4.69) is 15.1 Å². The van der Waals surface area contributed by atoms with E-state index in [1.54, 1.807) is 11.0 Å². The van der Waals surface area contributed by atoms with E-state index in [0.29, 0.717) is 19.6 Å². The van der Waals surface area contributed by atoms with E-state index in [1.165, 1.54) is 4.68 Å². The molecule has 1 saturated heterocycles. The van der Waals surface area contributed by atoms with Crippen molar-refractivity contribution in [2.75, 3.05) is 18.0 Å². The van der Waals surface area contributed by atoms with Gasteiger partial charge in [-0.25, -0.2) is 14.6 Å². The maximum Gasteiger partial charge on any atom is 0.433 e. The zero-order valence-electron chi connectivity index (χ0n) is 14.0. The zero-order chi connectivity index (χ0) is 18.3. The number of nitrogens with zero attached hydrogens (tertiary/aromatic N) is 5. The molecule has 1 aliphatic heterocycles. The second kappa shape index (κ2) is 6.37. The van der Waals surface area contributed by atoms with Gasteiger partial charge in [0.2, 0.25) is 5.95 Å². The summed E-state index contributed by atoms with van der Waals surface area (Å²) in [7, 11) is 0. The molecule has 9 heteroatoms. The largest absolute Gasteiger partial charge is 0.433 e. The van der Waals surface area contributed by atoms with E-state index in [1.807, 2.05) is 0 Å². The summed E-state index contributed by atoms with van der Waals surface area (Å²) in [5.41, 5.74) is 0.983. The topological polar surface area (TPSA) is 63.9 Å². The fourth-order valence-corrected chi connectivity index (χ4v) is 3.48. The number of hydrogen-bond donors (Lipinski definition) is 0. The van der Waals surface area contributed by atoms with E-state index in [0.717, 1.165) is 49.2 Å². The molecule has 0 bridgehead atoms. The molecule has 0 aromatic carbocycles. The predicted octanol–water partition coefficient (Wildman–Crippen LogP) is 2.07. The van der Waals surface area contributed by atoms with E-state index in [-0.39, 0.29) is 17.4 Å². The van der Waals surface area contributed by atoms with Crippen LogP contribution in [-0.2, 0) is 25.6 Å². The molecule has 1 fully saturated rings. The van der Waals surface area contributed by atoms with Crippen LogP contribution < -0.4 is 10.5 Å². The highest BCUT2D eigenvalue weighted by molar-refractivity contribution is 5.35. The first-order valence-electron chi connectivity index (χ1n) is 8.65. The fourth-order valence-electron chi connectivity index (χ4n) is 3.48. The van der Waals surface area contributed by atoms with Crippen molar-refractivity contribution < 1.29 is 13.2 Å². The minimum atomic E-state index is -4.48. The molecule has 6 nitrogen and oxygen atoms in total. The van der Waals surface area contributed by atoms with E-state index >= 15 is 0 Å². The minimum absolute atomic E-state index is 0.0711. The molecule has 0 amide bonds. The number of halogens is 3. The Morgan fingerprint density at radius 2 is 1.96 bits per heavy atom. The average molecular weight is 365 g/mol. The smallest absolute Gasteiger partial charge is 0.340 e. The van der Waals surface area contributed by atoms with Gasteiger partial charge in [-0.2, -0.15) is 18.3 Å². The van der Waals surface area contributed by atoms with Crippen LogP contribution in [0.3, 0.4) is 0 Å². The third-order valence-corrected chi connectivity index (χ3v) is 4.88. The van der Waals surface area contributed by atoms with Gasteiger partial charge in [0.05, 0.1) is 12.2 Å². The fraction of sp³-hybridized carbons (Fsp3) is 0.529. The Bertz CT molecular complexity index is 873. The molecule has 0 saturated carbocycles. The summed E-state index contributed by atoms with van der Waals surface area (Å²) < 4.78 is 39.7. The molecule has 0 atom stereocenters. The molecule has 0 unspecified atom stereocenters. The molecular weight excluding hydrogens is 347 g/mol. The Morgan fingerprint density at radius 1 is 1.19 bits per heavy atom. The summed E-state index contributed by atoms with van der Waals surface area (Å²) >= 11 is 0. The highest BCUT2D eigenvalue weighted by Crippen LogP contribution is 2.29. The van der Waals surface area contributed by atoms with Gasteiger partial charge >= 0.3 is 6.18 Å². The highest BCUT2D eigenvalue weighted by atomic mass is 19.4. The van der Waals surface area contributed by atoms with Crippen molar-refractivity contribution in [3.63, 3.8) is 0 Å². The second-order valence-corrected chi connectivity index (χ2v) is 6.85. The van der Waals surface area contributed by atoms with Crippen LogP contribution in [-0.4, -0.2) is 32.8 Å². The molecule has 2 aromatic rings. The van der Waals surface area contributed by atoms with Crippen molar-refractivity contribution in [2.24, 2.45) is 5.92 Å². The van der Waals surface area contributed by atoms with E-state index < -0.39 is 11.9 Å². The molecule has 4 rings (SSSR count). The standard InChI is InChI=1S/C17H18F3N5O/c18-17(19,20)14-5-6-21-16(22-14)24-8-11(9-24)10-25-15(26)7-12-3-1-2-4-13(12)23-25/h5-7,11H,1-4,8-10H2. The van der Waals surface area contributed by atoms with E-state index in [9.17, 15) is 18.0 Å². The van der Waals surface area contributed by atoms with Crippen molar-refractivity contribution in [2.45, 2.75) is 38.4 Å². The Balaban J connectivity index is 1.42. The van der Waals surface area contributed by atoms with Crippen LogP contribution in [0.5, 0.6) is 0 Å². The predicted molar refractivity (Wildman–Crippen MR) is 87.9 cm³/mol. The van der Waals surface area contributed by atoms with Crippen LogP contribution in [0.1, 0.15) is 29.8 Å². The van der Waals surface area contributed by atoms with Crippen LogP contribution in [0, 0.1) is 5.92 Å². The quantitative estimate of drug-likeness (QED) is 0.833. The molecule has 26 heavy (non-hydrogen) atoms. The van der Waals surface area contributed by atoms with Crippen molar-refractivity contribution in [3.05, 3.63) is 45.6 Å². The van der Waals surface area contributed by atoms with Gasteiger partial charge in [-0.15, -0.1) is 0 Å². The molecule has 138 valence electrons. The number of alkyl halides is 3. The number of hydrogen-bond acceptors (Lipinski definition) is 5. The van der Waals surface area contributed by atoms with Crippen molar-refractivity contribution >= 4 is 5.95 Å². The van der Waals surface area contributed by atoms with Crippen molar-refractivity contribution in [1.29, 1.82) is 0 Å². The lowest BCUT2D eigenvalue weighted by atomic mass is 9.97. The third kappa shape index (κ3) is 3.30. The first kappa shape index (κ1) is 17.0. The lowest BCUT2D eigenvalue weighted by Gasteiger charge is -2.39. The number of rotatable bonds is 3. The Labute approximate surface area is 147 Å². The molecule has 0 radical (unpaired) electrons. The van der Waals surface area contributed by atoms with Crippen LogP contribution in [0.4, 0.5) is 19.1 Å². The maximum atomic E-state index is 12.7. The number of aryl methyl sites for hydroxylation is 2. The summed E-state index contributed by atoms with van der Waals surface area (Å²) in [6.07, 6.45) is 0.609. The lowest BCUT2D eigenvalue weighted by molar-refractivity contribution is -0.141. The first-order chi connectivity index (χ1) is 12.4. The molecular formula is C17H18F3N5O. The summed E-state index contributed by atoms with van der Waals surface area (Å²) in [5, 5.41) is 4.48. The second-order valence-electron chi connectivity index (χ2n) is 6.85. The van der Waals surface area contributed by atoms with E-state index in [4.69, 9.17) is 0 Å². The summed E-state index contributed by atoms with van der Waals surface area (Å²) in [4.78, 5) is 21.4. The maximum absolute atomic E-state index is 12.7. The Hall–Kier alpha value is -2.45. The van der Waals surface area contributed by atoms with Crippen LogP contribution in [0.15, 0.2) is 23.1 Å². The average Bonchev–Trinajstić information content (AvgIpc) is 2.57. The molecule has 2 aromatic heterocycles. The van der Waals surface area contributed by atoms with Gasteiger partial charge in [0, 0.05) is 31.3 Å². The molecule has 0 spiro atoms. The first-order valence-corrected chi connectivity index (χ1v) is 8.65. The van der Waals surface area contributed by atoms with Gasteiger partial charge in [-0.1, -0.05) is 0 Å². The van der Waals surface area contributed by atoms with Gasteiger partial charge in [0.25, 0.3) is 5.56 Å². The van der Waals surface area contributed by atoms with Gasteiger partial charge in [0.1, 0.15) is 5.69 Å². The SMILES string of the molecule is O=c1cc2c(nn1CC1CN(c3nccc(C(F)(F)F)n3)C1)CCCC2. The summed E-state index contributed by atoms with van der Waals surface area (Å²) in [6.45, 7) is 1.47. The van der Waals surface area contributed by atoms with Crippen molar-refractivity contribution in [3.8, 4) is 0 Å². The number of aromatic nitrogens is 4. The lowest BCUT2D eigenvalue weighted by Crippen LogP contribution is -2.50. The molecule has 3 heterocycles. The monoisotopic (exact) mass is 365 g/mol. The van der Waals surface area contributed by atoms with Crippen LogP contribution in [0.25, 0.3) is 0 Å². The number of fused-ring (bicyclic) bond motifs is 1. The van der Waals surface area contributed by atoms with Gasteiger partial charge in [-0.3, -0.25) is 4.79 Å². The highest BCUT2D eigenvalue weighted by Gasteiger charge is 2.35. The van der Waals surface area contributed by atoms with Crippen LogP contribution >= 0.6 is 0 Å². The Morgan fingerprint density at radius 3 is 2.73 bits per heavy atom. The van der Waals surface area contributed by atoms with Gasteiger partial charge < -0.3 is 4.90 Å². The zero-order valence-corrected chi connectivity index (χ0v) is 14.0. The van der Waals surface area contributed by atoms with Gasteiger partial charge in [0.15, 0.2) is 0 Å². The molecule has 0 N–H and O–H groups in total. The van der Waals surface area contributed by atoms with Crippen LogP contribution in [0.2, 0.25) is 0 Å². The Kier molecular flexibility index (Phi) is 4.16. The molecule has 1 aliphatic carbocycles.